The van der Waals surface area contributed by atoms with E-state index in [1.807, 2.05) is 0 Å². The molecule has 0 aliphatic rings. The molecular formula is C17H24N2. The number of fused-ring (bicyclic) bond motifs is 1. The van der Waals surface area contributed by atoms with E-state index in [0.29, 0.717) is 5.82 Å². The topological polar surface area (TPSA) is 38.9 Å². The number of benzene rings is 1. The van der Waals surface area contributed by atoms with Crippen LogP contribution in [0, 0.1) is 0 Å². The van der Waals surface area contributed by atoms with Gasteiger partial charge < -0.3 is 5.73 Å². The van der Waals surface area contributed by atoms with Crippen molar-refractivity contribution in [2.24, 2.45) is 0 Å². The highest BCUT2D eigenvalue weighted by molar-refractivity contribution is 5.82. The van der Waals surface area contributed by atoms with Gasteiger partial charge in [-0.05, 0) is 42.0 Å². The number of nitrogens with two attached hydrogens (primary N) is 1. The van der Waals surface area contributed by atoms with Crippen molar-refractivity contribution in [1.82, 2.24) is 4.98 Å². The summed E-state index contributed by atoms with van der Waals surface area (Å²) in [6, 6.07) is 8.71. The minimum atomic E-state index is 0.0324. The second-order valence-corrected chi connectivity index (χ2v) is 6.30. The molecule has 0 spiro atoms. The van der Waals surface area contributed by atoms with E-state index >= 15 is 0 Å². The van der Waals surface area contributed by atoms with Crippen LogP contribution in [0.25, 0.3) is 10.9 Å². The number of hydrogen-bond acceptors (Lipinski definition) is 2. The van der Waals surface area contributed by atoms with Crippen LogP contribution in [0.2, 0.25) is 0 Å². The Morgan fingerprint density at radius 3 is 2.53 bits per heavy atom. The number of aryl methyl sites for hydroxylation is 1. The first-order valence-corrected chi connectivity index (χ1v) is 7.11. The summed E-state index contributed by atoms with van der Waals surface area (Å²) >= 11 is 0. The van der Waals surface area contributed by atoms with Crippen molar-refractivity contribution in [3.63, 3.8) is 0 Å². The molecule has 0 unspecified atom stereocenters. The van der Waals surface area contributed by atoms with E-state index in [4.69, 9.17) is 5.73 Å². The van der Waals surface area contributed by atoms with Crippen LogP contribution in [0.5, 0.6) is 0 Å². The fourth-order valence-corrected chi connectivity index (χ4v) is 2.38. The third-order valence-electron chi connectivity index (χ3n) is 3.54. The SMILES string of the molecule is CCCCc1ccc2nc(N)c(C(C)(C)C)cc2c1. The molecule has 0 fully saturated rings. The zero-order valence-electron chi connectivity index (χ0n) is 12.5. The Hall–Kier alpha value is -1.57. The van der Waals surface area contributed by atoms with Gasteiger partial charge >= 0.3 is 0 Å². The molecule has 0 radical (unpaired) electrons. The van der Waals surface area contributed by atoms with E-state index in [2.05, 4.69) is 56.9 Å². The van der Waals surface area contributed by atoms with Gasteiger partial charge in [0.25, 0.3) is 0 Å². The Bertz CT molecular complexity index is 580. The van der Waals surface area contributed by atoms with Crippen molar-refractivity contribution < 1.29 is 0 Å². The van der Waals surface area contributed by atoms with Crippen LogP contribution in [0.4, 0.5) is 5.82 Å². The fraction of sp³-hybridized carbons (Fsp3) is 0.471. The van der Waals surface area contributed by atoms with E-state index in [1.54, 1.807) is 0 Å². The molecule has 0 bridgehead atoms. The Morgan fingerprint density at radius 2 is 1.89 bits per heavy atom. The second-order valence-electron chi connectivity index (χ2n) is 6.30. The maximum atomic E-state index is 6.08. The van der Waals surface area contributed by atoms with E-state index < -0.39 is 0 Å². The van der Waals surface area contributed by atoms with Crippen molar-refractivity contribution in [2.75, 3.05) is 5.73 Å². The standard InChI is InChI=1S/C17H24N2/c1-5-6-7-12-8-9-15-13(10-12)11-14(16(18)19-15)17(2,3)4/h8-11H,5-7H2,1-4H3,(H2,18,19). The van der Waals surface area contributed by atoms with Gasteiger partial charge in [-0.2, -0.15) is 0 Å². The molecule has 19 heavy (non-hydrogen) atoms. The molecule has 2 aromatic rings. The van der Waals surface area contributed by atoms with Crippen molar-refractivity contribution in [3.8, 4) is 0 Å². The van der Waals surface area contributed by atoms with Crippen molar-refractivity contribution in [1.29, 1.82) is 0 Å². The average molecular weight is 256 g/mol. The molecule has 0 atom stereocenters. The number of unbranched alkanes of at least 4 members (excludes halogenated alkanes) is 1. The molecule has 1 aromatic heterocycles. The Kier molecular flexibility index (Phi) is 3.79. The summed E-state index contributed by atoms with van der Waals surface area (Å²) in [5.41, 5.74) is 9.63. The first-order valence-electron chi connectivity index (χ1n) is 7.11. The summed E-state index contributed by atoms with van der Waals surface area (Å²) < 4.78 is 0. The number of aromatic nitrogens is 1. The quantitative estimate of drug-likeness (QED) is 0.880. The summed E-state index contributed by atoms with van der Waals surface area (Å²) in [5, 5.41) is 1.20. The van der Waals surface area contributed by atoms with Crippen LogP contribution in [0.3, 0.4) is 0 Å². The van der Waals surface area contributed by atoms with Gasteiger partial charge in [-0.15, -0.1) is 0 Å². The summed E-state index contributed by atoms with van der Waals surface area (Å²) in [7, 11) is 0. The van der Waals surface area contributed by atoms with E-state index in [1.165, 1.54) is 23.8 Å². The molecule has 0 saturated carbocycles. The third-order valence-corrected chi connectivity index (χ3v) is 3.54. The number of anilines is 1. The van der Waals surface area contributed by atoms with Crippen molar-refractivity contribution in [3.05, 3.63) is 35.4 Å². The smallest absolute Gasteiger partial charge is 0.127 e. The lowest BCUT2D eigenvalue weighted by Crippen LogP contribution is -2.15. The van der Waals surface area contributed by atoms with Crippen molar-refractivity contribution >= 4 is 16.7 Å². The van der Waals surface area contributed by atoms with Gasteiger partial charge in [-0.1, -0.05) is 40.2 Å². The van der Waals surface area contributed by atoms with Crippen LogP contribution < -0.4 is 5.73 Å². The molecule has 102 valence electrons. The first kappa shape index (κ1) is 13.9. The van der Waals surface area contributed by atoms with Crippen LogP contribution in [0.15, 0.2) is 24.3 Å². The lowest BCUT2D eigenvalue weighted by molar-refractivity contribution is 0.591. The van der Waals surface area contributed by atoms with Crippen LogP contribution in [-0.4, -0.2) is 4.98 Å². The van der Waals surface area contributed by atoms with Crippen LogP contribution in [-0.2, 0) is 11.8 Å². The molecule has 0 amide bonds. The molecule has 1 aromatic carbocycles. The van der Waals surface area contributed by atoms with Gasteiger partial charge in [0.05, 0.1) is 5.52 Å². The van der Waals surface area contributed by atoms with Gasteiger partial charge in [0.1, 0.15) is 5.82 Å². The molecule has 2 nitrogen and oxygen atoms in total. The highest BCUT2D eigenvalue weighted by Gasteiger charge is 2.18. The van der Waals surface area contributed by atoms with E-state index in [0.717, 1.165) is 17.5 Å². The van der Waals surface area contributed by atoms with Crippen LogP contribution >= 0.6 is 0 Å². The maximum absolute atomic E-state index is 6.08. The largest absolute Gasteiger partial charge is 0.383 e. The van der Waals surface area contributed by atoms with E-state index in [-0.39, 0.29) is 5.41 Å². The molecule has 1 heterocycles. The third kappa shape index (κ3) is 3.06. The second kappa shape index (κ2) is 5.20. The van der Waals surface area contributed by atoms with E-state index in [9.17, 15) is 0 Å². The molecule has 0 aliphatic carbocycles. The average Bonchev–Trinajstić information content (AvgIpc) is 2.34. The highest BCUT2D eigenvalue weighted by atomic mass is 14.8. The number of hydrogen-bond donors (Lipinski definition) is 1. The monoisotopic (exact) mass is 256 g/mol. The predicted octanol–water partition coefficient (Wildman–Crippen LogP) is 4.46. The summed E-state index contributed by atoms with van der Waals surface area (Å²) in [6.07, 6.45) is 3.60. The molecule has 0 aliphatic heterocycles. The Morgan fingerprint density at radius 1 is 1.16 bits per heavy atom. The minimum Gasteiger partial charge on any atom is -0.383 e. The van der Waals surface area contributed by atoms with Gasteiger partial charge in [0.15, 0.2) is 0 Å². The van der Waals surface area contributed by atoms with Gasteiger partial charge in [-0.3, -0.25) is 0 Å². The zero-order valence-corrected chi connectivity index (χ0v) is 12.5. The molecule has 2 N–H and O–H groups in total. The lowest BCUT2D eigenvalue weighted by atomic mass is 9.86. The van der Waals surface area contributed by atoms with Crippen LogP contribution in [0.1, 0.15) is 51.7 Å². The minimum absolute atomic E-state index is 0.0324. The number of rotatable bonds is 3. The molecule has 2 heteroatoms. The van der Waals surface area contributed by atoms with Gasteiger partial charge in [0.2, 0.25) is 0 Å². The maximum Gasteiger partial charge on any atom is 0.127 e. The molecular weight excluding hydrogens is 232 g/mol. The number of pyridine rings is 1. The summed E-state index contributed by atoms with van der Waals surface area (Å²) in [6.45, 7) is 8.74. The number of nitrogens with zero attached hydrogens (tertiary/aromatic N) is 1. The summed E-state index contributed by atoms with van der Waals surface area (Å²) in [5.74, 6) is 0.654. The highest BCUT2D eigenvalue weighted by Crippen LogP contribution is 2.30. The first-order chi connectivity index (χ1) is 8.91. The Balaban J connectivity index is 2.49. The van der Waals surface area contributed by atoms with Crippen molar-refractivity contribution in [2.45, 2.75) is 52.4 Å². The molecule has 0 saturated heterocycles. The Labute approximate surface area is 116 Å². The predicted molar refractivity (Wildman–Crippen MR) is 83.5 cm³/mol. The normalized spacial score (nSPS) is 12.0. The fourth-order valence-electron chi connectivity index (χ4n) is 2.38. The zero-order chi connectivity index (χ0) is 14.0. The number of nitrogen functional groups attached to an aromatic ring is 1. The summed E-state index contributed by atoms with van der Waals surface area (Å²) in [4.78, 5) is 4.54. The van der Waals surface area contributed by atoms with Gasteiger partial charge in [-0.25, -0.2) is 4.98 Å². The molecule has 2 rings (SSSR count). The van der Waals surface area contributed by atoms with Gasteiger partial charge in [0, 0.05) is 10.9 Å². The lowest BCUT2D eigenvalue weighted by Gasteiger charge is -2.21.